The third-order valence-corrected chi connectivity index (χ3v) is 3.84. The van der Waals surface area contributed by atoms with Crippen LogP contribution in [0.2, 0.25) is 5.02 Å². The molecule has 31 heavy (non-hydrogen) atoms. The van der Waals surface area contributed by atoms with E-state index in [4.69, 9.17) is 26.6 Å². The van der Waals surface area contributed by atoms with Gasteiger partial charge in [0.05, 0.1) is 4.92 Å². The SMILES string of the molecule is Cn1nc(Oc2ccc([N+](=O)[O-])c(C(=O)OC(C(=O)O)C(=O)O)c2)c(Cl)c1C(F)(F)F. The summed E-state index contributed by atoms with van der Waals surface area (Å²) in [5.74, 6) is -7.05. The van der Waals surface area contributed by atoms with Crippen LogP contribution in [0.3, 0.4) is 0 Å². The van der Waals surface area contributed by atoms with Crippen LogP contribution in [0.15, 0.2) is 18.2 Å². The molecule has 0 unspecified atom stereocenters. The van der Waals surface area contributed by atoms with Crippen molar-refractivity contribution in [3.63, 3.8) is 0 Å². The van der Waals surface area contributed by atoms with Crippen LogP contribution in [0, 0.1) is 10.1 Å². The summed E-state index contributed by atoms with van der Waals surface area (Å²) in [4.78, 5) is 43.9. The zero-order chi connectivity index (χ0) is 23.7. The topological polar surface area (TPSA) is 171 Å². The predicted molar refractivity (Wildman–Crippen MR) is 90.9 cm³/mol. The maximum absolute atomic E-state index is 13.0. The van der Waals surface area contributed by atoms with Gasteiger partial charge in [-0.2, -0.15) is 13.2 Å². The Bertz CT molecular complexity index is 1070. The lowest BCUT2D eigenvalue weighted by atomic mass is 10.1. The summed E-state index contributed by atoms with van der Waals surface area (Å²) in [6, 6.07) is 2.21. The van der Waals surface area contributed by atoms with Crippen molar-refractivity contribution in [3.05, 3.63) is 44.6 Å². The second-order valence-electron chi connectivity index (χ2n) is 5.59. The number of rotatable bonds is 7. The third-order valence-electron chi connectivity index (χ3n) is 3.50. The lowest BCUT2D eigenvalue weighted by molar-refractivity contribution is -0.385. The van der Waals surface area contributed by atoms with Gasteiger partial charge >= 0.3 is 24.1 Å². The summed E-state index contributed by atoms with van der Waals surface area (Å²) in [6.45, 7) is 0. The minimum Gasteiger partial charge on any atom is -0.478 e. The molecule has 0 aliphatic rings. The van der Waals surface area contributed by atoms with Crippen LogP contribution in [-0.2, 0) is 27.5 Å². The van der Waals surface area contributed by atoms with E-state index in [1.165, 1.54) is 0 Å². The number of hydrogen-bond acceptors (Lipinski definition) is 8. The highest BCUT2D eigenvalue weighted by Gasteiger charge is 2.40. The molecule has 1 heterocycles. The largest absolute Gasteiger partial charge is 0.478 e. The van der Waals surface area contributed by atoms with Crippen molar-refractivity contribution in [1.29, 1.82) is 0 Å². The second kappa shape index (κ2) is 8.47. The summed E-state index contributed by atoms with van der Waals surface area (Å²) in [5, 5.41) is 31.1. The van der Waals surface area contributed by atoms with Crippen molar-refractivity contribution in [2.24, 2.45) is 7.05 Å². The summed E-state index contributed by atoms with van der Waals surface area (Å²) in [6.07, 6.45) is -7.55. The number of carboxylic acids is 2. The molecule has 12 nitrogen and oxygen atoms in total. The maximum atomic E-state index is 13.0. The summed E-state index contributed by atoms with van der Waals surface area (Å²) in [7, 11) is 0.929. The van der Waals surface area contributed by atoms with Gasteiger partial charge < -0.3 is 19.7 Å². The molecular formula is C15H9ClF3N3O9. The number of nitro benzene ring substituents is 1. The highest BCUT2D eigenvalue weighted by Crippen LogP contribution is 2.40. The number of nitrogens with zero attached hydrogens (tertiary/aromatic N) is 3. The minimum atomic E-state index is -4.88. The number of alkyl halides is 3. The van der Waals surface area contributed by atoms with Gasteiger partial charge in [0.15, 0.2) is 5.69 Å². The molecule has 0 aliphatic carbocycles. The fourth-order valence-corrected chi connectivity index (χ4v) is 2.54. The quantitative estimate of drug-likeness (QED) is 0.266. The van der Waals surface area contributed by atoms with Gasteiger partial charge in [0.2, 0.25) is 0 Å². The molecule has 0 saturated carbocycles. The van der Waals surface area contributed by atoms with Gasteiger partial charge in [0, 0.05) is 19.2 Å². The van der Waals surface area contributed by atoms with Gasteiger partial charge in [-0.15, -0.1) is 5.10 Å². The number of nitro groups is 1. The lowest BCUT2D eigenvalue weighted by Crippen LogP contribution is -2.34. The fourth-order valence-electron chi connectivity index (χ4n) is 2.24. The first-order valence-electron chi connectivity index (χ1n) is 7.66. The molecule has 2 aromatic rings. The molecule has 0 bridgehead atoms. The Kier molecular flexibility index (Phi) is 6.39. The van der Waals surface area contributed by atoms with Crippen LogP contribution in [0.25, 0.3) is 0 Å². The highest BCUT2D eigenvalue weighted by atomic mass is 35.5. The van der Waals surface area contributed by atoms with E-state index in [0.29, 0.717) is 16.8 Å². The number of ether oxygens (including phenoxy) is 2. The van der Waals surface area contributed by atoms with Crippen LogP contribution in [0.1, 0.15) is 16.1 Å². The van der Waals surface area contributed by atoms with Crippen molar-refractivity contribution in [1.82, 2.24) is 9.78 Å². The average Bonchev–Trinajstić information content (AvgIpc) is 2.91. The molecule has 0 radical (unpaired) electrons. The standard InChI is InChI=1S/C15H9ClF3N3O9/c1-21-10(15(17,18)19)8(16)11(20-21)30-5-2-3-7(22(28)29)6(4-5)14(27)31-9(12(23)24)13(25)26/h2-4,9H,1H3,(H,23,24)(H,25,26). The molecule has 166 valence electrons. The Morgan fingerprint density at radius 1 is 1.26 bits per heavy atom. The van der Waals surface area contributed by atoms with Crippen LogP contribution >= 0.6 is 11.6 Å². The van der Waals surface area contributed by atoms with Gasteiger partial charge in [-0.25, -0.2) is 14.4 Å². The third kappa shape index (κ3) is 5.00. The van der Waals surface area contributed by atoms with Crippen molar-refractivity contribution in [2.75, 3.05) is 0 Å². The number of carbonyl (C=O) groups is 3. The van der Waals surface area contributed by atoms with Crippen LogP contribution in [0.5, 0.6) is 11.6 Å². The molecule has 0 atom stereocenters. The number of carbonyl (C=O) groups excluding carboxylic acids is 1. The van der Waals surface area contributed by atoms with Gasteiger partial charge in [0.25, 0.3) is 17.7 Å². The molecule has 0 aliphatic heterocycles. The number of benzene rings is 1. The van der Waals surface area contributed by atoms with Crippen molar-refractivity contribution < 1.29 is 52.2 Å². The summed E-state index contributed by atoms with van der Waals surface area (Å²) < 4.78 is 48.7. The number of aliphatic carboxylic acids is 2. The number of esters is 1. The minimum absolute atomic E-state index is 0.378. The summed E-state index contributed by atoms with van der Waals surface area (Å²) in [5.41, 5.74) is -3.20. The first-order chi connectivity index (χ1) is 14.2. The molecule has 0 saturated heterocycles. The molecule has 2 rings (SSSR count). The number of carboxylic acid groups (broad SMARTS) is 2. The fraction of sp³-hybridized carbons (Fsp3) is 0.200. The van der Waals surface area contributed by atoms with E-state index in [0.717, 1.165) is 13.1 Å². The van der Waals surface area contributed by atoms with E-state index in [2.05, 4.69) is 9.84 Å². The molecule has 2 N–H and O–H groups in total. The zero-order valence-corrected chi connectivity index (χ0v) is 15.7. The van der Waals surface area contributed by atoms with E-state index in [1.807, 2.05) is 0 Å². The Hall–Kier alpha value is -3.88. The van der Waals surface area contributed by atoms with Crippen molar-refractivity contribution >= 4 is 35.2 Å². The average molecular weight is 468 g/mol. The Morgan fingerprint density at radius 2 is 1.84 bits per heavy atom. The van der Waals surface area contributed by atoms with Gasteiger partial charge in [-0.05, 0) is 6.07 Å². The molecular weight excluding hydrogens is 459 g/mol. The summed E-state index contributed by atoms with van der Waals surface area (Å²) >= 11 is 5.63. The Labute approximate surface area is 173 Å². The van der Waals surface area contributed by atoms with E-state index in [1.54, 1.807) is 0 Å². The van der Waals surface area contributed by atoms with Gasteiger partial charge in [0.1, 0.15) is 16.3 Å². The molecule has 1 aromatic carbocycles. The molecule has 0 spiro atoms. The van der Waals surface area contributed by atoms with Gasteiger partial charge in [-0.1, -0.05) is 11.6 Å². The van der Waals surface area contributed by atoms with Crippen LogP contribution < -0.4 is 4.74 Å². The van der Waals surface area contributed by atoms with Crippen molar-refractivity contribution in [3.8, 4) is 11.6 Å². The molecule has 0 fully saturated rings. The molecule has 0 amide bonds. The van der Waals surface area contributed by atoms with Gasteiger partial charge in [-0.3, -0.25) is 14.8 Å². The molecule has 1 aromatic heterocycles. The normalized spacial score (nSPS) is 11.3. The smallest absolute Gasteiger partial charge is 0.434 e. The first kappa shape index (κ1) is 23.4. The second-order valence-corrected chi connectivity index (χ2v) is 5.97. The first-order valence-corrected chi connectivity index (χ1v) is 8.04. The Morgan fingerprint density at radius 3 is 2.29 bits per heavy atom. The molecule has 16 heteroatoms. The number of aryl methyl sites for hydroxylation is 1. The number of halogens is 4. The highest BCUT2D eigenvalue weighted by molar-refractivity contribution is 6.32. The van der Waals surface area contributed by atoms with E-state index >= 15 is 0 Å². The van der Waals surface area contributed by atoms with Crippen LogP contribution in [-0.4, -0.2) is 48.9 Å². The zero-order valence-electron chi connectivity index (χ0n) is 14.9. The number of hydrogen-bond donors (Lipinski definition) is 2. The maximum Gasteiger partial charge on any atom is 0.434 e. The Balaban J connectivity index is 2.45. The van der Waals surface area contributed by atoms with E-state index in [9.17, 15) is 37.7 Å². The van der Waals surface area contributed by atoms with E-state index in [-0.39, 0.29) is 0 Å². The van der Waals surface area contributed by atoms with Crippen LogP contribution in [0.4, 0.5) is 18.9 Å². The van der Waals surface area contributed by atoms with E-state index < -0.39 is 68.7 Å². The monoisotopic (exact) mass is 467 g/mol. The number of aromatic nitrogens is 2. The lowest BCUT2D eigenvalue weighted by Gasteiger charge is -2.10. The predicted octanol–water partition coefficient (Wildman–Crippen LogP) is 2.49. The van der Waals surface area contributed by atoms with Crippen molar-refractivity contribution in [2.45, 2.75) is 12.3 Å².